The highest BCUT2D eigenvalue weighted by Crippen LogP contribution is 2.35. The third kappa shape index (κ3) is 6.86. The number of Topliss-reactive ketones (excluding diaryl/α,β-unsaturated/α-hetero) is 1. The molecule has 36 heavy (non-hydrogen) atoms. The number of ether oxygens (including phenoxy) is 2. The maximum absolute atomic E-state index is 13.6. The lowest BCUT2D eigenvalue weighted by Gasteiger charge is -2.24. The van der Waals surface area contributed by atoms with E-state index in [0.29, 0.717) is 24.0 Å². The van der Waals surface area contributed by atoms with Crippen LogP contribution in [0.4, 0.5) is 13.2 Å². The summed E-state index contributed by atoms with van der Waals surface area (Å²) in [6.07, 6.45) is -3.78. The molecule has 0 fully saturated rings. The highest BCUT2D eigenvalue weighted by Gasteiger charge is 2.34. The zero-order chi connectivity index (χ0) is 27.0. The number of rotatable bonds is 12. The van der Waals surface area contributed by atoms with Crippen LogP contribution in [0.1, 0.15) is 66.6 Å². The second-order valence-electron chi connectivity index (χ2n) is 8.40. The number of halogens is 3. The highest BCUT2D eigenvalue weighted by atomic mass is 19.4. The third-order valence-corrected chi connectivity index (χ3v) is 6.21. The first-order chi connectivity index (χ1) is 17.0. The van der Waals surface area contributed by atoms with Crippen LogP contribution in [0.15, 0.2) is 42.5 Å². The molecule has 0 heterocycles. The van der Waals surface area contributed by atoms with E-state index in [1.807, 2.05) is 6.92 Å². The first-order valence-electron chi connectivity index (χ1n) is 11.8. The number of hydrogen-bond donors (Lipinski definition) is 1. The maximum atomic E-state index is 13.6. The van der Waals surface area contributed by atoms with E-state index in [2.05, 4.69) is 0 Å². The van der Waals surface area contributed by atoms with Crippen LogP contribution in [0, 0.1) is 11.8 Å². The van der Waals surface area contributed by atoms with Crippen molar-refractivity contribution < 1.29 is 42.1 Å². The Morgan fingerprint density at radius 3 is 2.08 bits per heavy atom. The lowest BCUT2D eigenvalue weighted by Crippen LogP contribution is -2.29. The molecule has 0 aromatic heterocycles. The Morgan fingerprint density at radius 2 is 1.61 bits per heavy atom. The van der Waals surface area contributed by atoms with Gasteiger partial charge in [-0.3, -0.25) is 14.4 Å². The standard InChI is InChI=1S/C27H31F3O6/c1-5-19(20(6-2)25(32)33)17-10-13-23(35-4)21(15-17)24(31)22(26(34)36-7-3)14-16-8-11-18(12-9-16)27(28,29)30/h8-13,15,19-20,22H,5-7,14H2,1-4H3,(H,32,33). The fraction of sp³-hybridized carbons (Fsp3) is 0.444. The van der Waals surface area contributed by atoms with Gasteiger partial charge in [0.1, 0.15) is 11.7 Å². The summed E-state index contributed by atoms with van der Waals surface area (Å²) in [5.41, 5.74) is 0.216. The van der Waals surface area contributed by atoms with Crippen molar-refractivity contribution in [1.82, 2.24) is 0 Å². The second-order valence-corrected chi connectivity index (χ2v) is 8.40. The van der Waals surface area contributed by atoms with Gasteiger partial charge in [0.25, 0.3) is 0 Å². The predicted molar refractivity (Wildman–Crippen MR) is 127 cm³/mol. The zero-order valence-electron chi connectivity index (χ0n) is 20.7. The average Bonchev–Trinajstić information content (AvgIpc) is 2.84. The van der Waals surface area contributed by atoms with E-state index in [0.717, 1.165) is 12.1 Å². The molecule has 0 saturated heterocycles. The van der Waals surface area contributed by atoms with Gasteiger partial charge in [0.15, 0.2) is 5.78 Å². The summed E-state index contributed by atoms with van der Waals surface area (Å²) in [6, 6.07) is 9.03. The van der Waals surface area contributed by atoms with Crippen molar-refractivity contribution >= 4 is 17.7 Å². The first-order valence-corrected chi connectivity index (χ1v) is 11.8. The molecule has 0 saturated carbocycles. The summed E-state index contributed by atoms with van der Waals surface area (Å²) in [5, 5.41) is 9.65. The van der Waals surface area contributed by atoms with E-state index in [1.54, 1.807) is 32.0 Å². The van der Waals surface area contributed by atoms with Crippen LogP contribution < -0.4 is 4.74 Å². The first kappa shape index (κ1) is 28.9. The van der Waals surface area contributed by atoms with Crippen molar-refractivity contribution in [3.63, 3.8) is 0 Å². The fourth-order valence-corrected chi connectivity index (χ4v) is 4.31. The Hall–Kier alpha value is -3.36. The molecule has 3 unspecified atom stereocenters. The number of aliphatic carboxylic acids is 1. The topological polar surface area (TPSA) is 89.9 Å². The molecule has 0 aliphatic heterocycles. The van der Waals surface area contributed by atoms with Gasteiger partial charge in [-0.2, -0.15) is 13.2 Å². The molecule has 3 atom stereocenters. The Morgan fingerprint density at radius 1 is 0.972 bits per heavy atom. The molecule has 0 radical (unpaired) electrons. The molecule has 0 bridgehead atoms. The molecule has 0 amide bonds. The van der Waals surface area contributed by atoms with Gasteiger partial charge in [0.05, 0.1) is 30.8 Å². The minimum Gasteiger partial charge on any atom is -0.496 e. The van der Waals surface area contributed by atoms with Crippen LogP contribution in [-0.4, -0.2) is 36.5 Å². The number of hydrogen-bond acceptors (Lipinski definition) is 5. The molecule has 2 aromatic carbocycles. The summed E-state index contributed by atoms with van der Waals surface area (Å²) in [4.78, 5) is 38.2. The maximum Gasteiger partial charge on any atom is 0.416 e. The van der Waals surface area contributed by atoms with Gasteiger partial charge in [-0.1, -0.05) is 32.0 Å². The van der Waals surface area contributed by atoms with E-state index < -0.39 is 41.3 Å². The van der Waals surface area contributed by atoms with Gasteiger partial charge in [-0.25, -0.2) is 0 Å². The number of methoxy groups -OCH3 is 1. The van der Waals surface area contributed by atoms with Crippen molar-refractivity contribution in [2.45, 2.75) is 52.1 Å². The number of ketones is 1. The normalized spacial score (nSPS) is 14.0. The smallest absolute Gasteiger partial charge is 0.416 e. The molecule has 9 heteroatoms. The Labute approximate surface area is 208 Å². The fourth-order valence-electron chi connectivity index (χ4n) is 4.31. The lowest BCUT2D eigenvalue weighted by atomic mass is 9.81. The lowest BCUT2D eigenvalue weighted by molar-refractivity contribution is -0.146. The SMILES string of the molecule is CCOC(=O)C(Cc1ccc(C(F)(F)F)cc1)C(=O)c1cc(C(CC)C(CC)C(=O)O)ccc1OC. The molecular weight excluding hydrogens is 477 g/mol. The van der Waals surface area contributed by atoms with Crippen molar-refractivity contribution in [1.29, 1.82) is 0 Å². The highest BCUT2D eigenvalue weighted by molar-refractivity contribution is 6.10. The van der Waals surface area contributed by atoms with Gasteiger partial charge in [0, 0.05) is 0 Å². The predicted octanol–water partition coefficient (Wildman–Crippen LogP) is 5.92. The largest absolute Gasteiger partial charge is 0.496 e. The molecule has 0 spiro atoms. The van der Waals surface area contributed by atoms with Crippen LogP contribution in [0.3, 0.4) is 0 Å². The summed E-state index contributed by atoms with van der Waals surface area (Å²) in [5.74, 6) is -4.54. The average molecular weight is 509 g/mol. The molecule has 2 rings (SSSR count). The quantitative estimate of drug-likeness (QED) is 0.217. The number of carbonyl (C=O) groups is 3. The van der Waals surface area contributed by atoms with E-state index in [9.17, 15) is 32.7 Å². The number of carboxylic acid groups (broad SMARTS) is 1. The van der Waals surface area contributed by atoms with Crippen molar-refractivity contribution in [3.05, 3.63) is 64.7 Å². The Kier molecular flexibility index (Phi) is 10.1. The van der Waals surface area contributed by atoms with E-state index >= 15 is 0 Å². The summed E-state index contributed by atoms with van der Waals surface area (Å²) < 4.78 is 49.2. The number of benzene rings is 2. The second kappa shape index (κ2) is 12.6. The summed E-state index contributed by atoms with van der Waals surface area (Å²) >= 11 is 0. The number of carbonyl (C=O) groups excluding carboxylic acids is 2. The van der Waals surface area contributed by atoms with Gasteiger partial charge < -0.3 is 14.6 Å². The minimum atomic E-state index is -4.51. The molecule has 196 valence electrons. The Bertz CT molecular complexity index is 1060. The van der Waals surface area contributed by atoms with Crippen LogP contribution in [-0.2, 0) is 26.9 Å². The number of carboxylic acids is 1. The monoisotopic (exact) mass is 508 g/mol. The van der Waals surface area contributed by atoms with Gasteiger partial charge in [0.2, 0.25) is 0 Å². The van der Waals surface area contributed by atoms with Crippen LogP contribution >= 0.6 is 0 Å². The van der Waals surface area contributed by atoms with Crippen molar-refractivity contribution in [2.75, 3.05) is 13.7 Å². The molecular formula is C27H31F3O6. The van der Waals surface area contributed by atoms with Gasteiger partial charge in [-0.05, 0) is 67.5 Å². The molecule has 6 nitrogen and oxygen atoms in total. The zero-order valence-corrected chi connectivity index (χ0v) is 20.7. The van der Waals surface area contributed by atoms with Crippen LogP contribution in [0.25, 0.3) is 0 Å². The van der Waals surface area contributed by atoms with E-state index in [1.165, 1.54) is 19.2 Å². The number of alkyl halides is 3. The summed E-state index contributed by atoms with van der Waals surface area (Å²) in [6.45, 7) is 5.23. The van der Waals surface area contributed by atoms with Crippen LogP contribution in [0.5, 0.6) is 5.75 Å². The molecule has 2 aromatic rings. The molecule has 0 aliphatic carbocycles. The van der Waals surface area contributed by atoms with Crippen LogP contribution in [0.2, 0.25) is 0 Å². The van der Waals surface area contributed by atoms with Crippen molar-refractivity contribution in [3.8, 4) is 5.75 Å². The van der Waals surface area contributed by atoms with Gasteiger partial charge >= 0.3 is 18.1 Å². The summed E-state index contributed by atoms with van der Waals surface area (Å²) in [7, 11) is 1.37. The van der Waals surface area contributed by atoms with E-state index in [-0.39, 0.29) is 30.3 Å². The molecule has 0 aliphatic rings. The van der Waals surface area contributed by atoms with Crippen molar-refractivity contribution in [2.24, 2.45) is 11.8 Å². The van der Waals surface area contributed by atoms with E-state index in [4.69, 9.17) is 9.47 Å². The third-order valence-electron chi connectivity index (χ3n) is 6.21. The van der Waals surface area contributed by atoms with Gasteiger partial charge in [-0.15, -0.1) is 0 Å². The molecule has 1 N–H and O–H groups in total. The minimum absolute atomic E-state index is 0.0154. The Balaban J connectivity index is 2.50. The number of esters is 1.